The average molecular weight is 1030 g/mol. The molecule has 5 heterocycles. The first-order valence-electron chi connectivity index (χ1n) is 25.0. The number of nitrogens with zero attached hydrogens (tertiary/aromatic N) is 5. The van der Waals surface area contributed by atoms with Crippen molar-refractivity contribution in [1.82, 2.24) is 28.6 Å². The number of nitrogens with one attached hydrogen (secondary N) is 1. The molecule has 0 radical (unpaired) electrons. The molecule has 0 aromatic carbocycles. The van der Waals surface area contributed by atoms with E-state index in [2.05, 4.69) is 88.4 Å². The molecule has 5 atom stereocenters. The molecule has 0 aliphatic carbocycles. The molecule has 404 valence electrons. The van der Waals surface area contributed by atoms with Crippen LogP contribution in [-0.2, 0) is 48.0 Å². The fourth-order valence-corrected chi connectivity index (χ4v) is 10.6. The van der Waals surface area contributed by atoms with Gasteiger partial charge in [0.1, 0.15) is 13.2 Å². The van der Waals surface area contributed by atoms with Crippen LogP contribution in [0.25, 0.3) is 0 Å². The Balaban J connectivity index is 0.000000432. The van der Waals surface area contributed by atoms with Gasteiger partial charge < -0.3 is 29.5 Å². The number of carbonyl (C=O) groups is 5. The van der Waals surface area contributed by atoms with Crippen molar-refractivity contribution in [3.63, 3.8) is 0 Å². The molecule has 5 rings (SSSR count). The molecular formula is C48H92N6O13S2. The van der Waals surface area contributed by atoms with Crippen LogP contribution in [0.3, 0.4) is 0 Å². The van der Waals surface area contributed by atoms with Crippen LogP contribution in [0.1, 0.15) is 138 Å². The van der Waals surface area contributed by atoms with Crippen LogP contribution in [0.2, 0.25) is 0 Å². The van der Waals surface area contributed by atoms with Crippen molar-refractivity contribution in [3.05, 3.63) is 0 Å². The van der Waals surface area contributed by atoms with E-state index in [1.807, 2.05) is 42.4 Å². The molecule has 5 aliphatic rings. The first kappa shape index (κ1) is 63.6. The molecular weight excluding hydrogens is 933 g/mol. The van der Waals surface area contributed by atoms with Gasteiger partial charge in [0.15, 0.2) is 12.2 Å². The van der Waals surface area contributed by atoms with E-state index < -0.39 is 44.6 Å². The van der Waals surface area contributed by atoms with Crippen molar-refractivity contribution in [2.45, 2.75) is 169 Å². The van der Waals surface area contributed by atoms with Crippen LogP contribution in [0, 0.1) is 59.2 Å². The largest absolute Gasteiger partial charge is 0.447 e. The summed E-state index contributed by atoms with van der Waals surface area (Å²) in [6.07, 6.45) is -2.00. The second kappa shape index (κ2) is 28.0. The molecule has 0 unspecified atom stereocenters. The average Bonchev–Trinajstić information content (AvgIpc) is 3.97. The Labute approximate surface area is 416 Å². The van der Waals surface area contributed by atoms with Crippen molar-refractivity contribution in [3.8, 4) is 0 Å². The van der Waals surface area contributed by atoms with Gasteiger partial charge in [-0.3, -0.25) is 9.59 Å². The summed E-state index contributed by atoms with van der Waals surface area (Å²) in [5.74, 6) is 2.08. The zero-order valence-corrected chi connectivity index (χ0v) is 47.3. The summed E-state index contributed by atoms with van der Waals surface area (Å²) < 4.78 is 67.3. The second-order valence-electron chi connectivity index (χ2n) is 22.4. The number of ether oxygens (including phenoxy) is 2. The predicted molar refractivity (Wildman–Crippen MR) is 267 cm³/mol. The number of amides is 6. The molecule has 19 nitrogen and oxygen atoms in total. The monoisotopic (exact) mass is 1020 g/mol. The third-order valence-corrected chi connectivity index (χ3v) is 14.0. The number of hydrogen-bond acceptors (Lipinski definition) is 13. The maximum absolute atomic E-state index is 11.7. The van der Waals surface area contributed by atoms with E-state index in [4.69, 9.17) is 17.8 Å². The summed E-state index contributed by atoms with van der Waals surface area (Å²) in [5.41, 5.74) is 0. The molecule has 0 bridgehead atoms. The Bertz CT molecular complexity index is 1760. The van der Waals surface area contributed by atoms with E-state index in [9.17, 15) is 40.8 Å². The summed E-state index contributed by atoms with van der Waals surface area (Å²) >= 11 is 0. The highest BCUT2D eigenvalue weighted by atomic mass is 32.2. The van der Waals surface area contributed by atoms with Gasteiger partial charge in [-0.05, 0) is 59.2 Å². The molecule has 5 fully saturated rings. The van der Waals surface area contributed by atoms with Gasteiger partial charge in [0.2, 0.25) is 0 Å². The molecule has 1 N–H and O–H groups in total. The number of rotatable bonds is 15. The van der Waals surface area contributed by atoms with Crippen molar-refractivity contribution in [2.24, 2.45) is 59.2 Å². The third kappa shape index (κ3) is 19.9. The Morgan fingerprint density at radius 2 is 0.783 bits per heavy atom. The standard InChI is InChI=1S/C10H20N2O.2C10H19NO2.2C9H17NO4S/c1-7(2)5-12-6-9(8(3)4)11-10(12)13;2*1-7(2)5-11-9(8(3)4)6-13-10(11)12;2*1-6(2)5-10-9(11)8(7(3)4)14-15(10,12)13/h7-9H,5-6H2,1-4H3,(H,11,13);2*7-9H,5-6H2,1-4H3;2*6-8H,5H2,1-4H3/t3*9-;2*8-/m01010/s1. The van der Waals surface area contributed by atoms with Gasteiger partial charge in [0.05, 0.1) is 18.1 Å². The molecule has 6 amide bonds. The summed E-state index contributed by atoms with van der Waals surface area (Å²) in [5, 5.41) is 3.00. The Kier molecular flexibility index (Phi) is 25.8. The van der Waals surface area contributed by atoms with Crippen LogP contribution < -0.4 is 5.32 Å². The van der Waals surface area contributed by atoms with Gasteiger partial charge in [-0.25, -0.2) is 31.4 Å². The van der Waals surface area contributed by atoms with E-state index in [0.717, 1.165) is 34.8 Å². The van der Waals surface area contributed by atoms with Crippen LogP contribution in [-0.4, -0.2) is 153 Å². The topological polar surface area (TPSA) is 219 Å². The fraction of sp³-hybridized carbons (Fsp3) is 0.896. The third-order valence-electron chi connectivity index (χ3n) is 11.3. The molecule has 0 spiro atoms. The fourth-order valence-electron chi connectivity index (χ4n) is 7.60. The van der Waals surface area contributed by atoms with Gasteiger partial charge in [-0.15, -0.1) is 0 Å². The Morgan fingerprint density at radius 1 is 0.464 bits per heavy atom. The minimum atomic E-state index is -3.84. The molecule has 0 aromatic rings. The molecule has 0 saturated carbocycles. The second-order valence-corrected chi connectivity index (χ2v) is 25.4. The Morgan fingerprint density at radius 3 is 1.01 bits per heavy atom. The minimum Gasteiger partial charge on any atom is -0.447 e. The first-order valence-corrected chi connectivity index (χ1v) is 27.7. The normalized spacial score (nSPS) is 24.2. The predicted octanol–water partition coefficient (Wildman–Crippen LogP) is 7.47. The highest BCUT2D eigenvalue weighted by Crippen LogP contribution is 2.27. The van der Waals surface area contributed by atoms with Crippen LogP contribution in [0.5, 0.6) is 0 Å². The first-order chi connectivity index (χ1) is 31.5. The van der Waals surface area contributed by atoms with Gasteiger partial charge in [-0.2, -0.15) is 16.8 Å². The number of cyclic esters (lactones) is 2. The summed E-state index contributed by atoms with van der Waals surface area (Å²) in [6, 6.07) is 0.989. The van der Waals surface area contributed by atoms with E-state index in [0.29, 0.717) is 54.8 Å². The zero-order chi connectivity index (χ0) is 53.6. The van der Waals surface area contributed by atoms with Gasteiger partial charge in [0, 0.05) is 39.3 Å². The Hall–Kier alpha value is -3.43. The lowest BCUT2D eigenvalue weighted by Crippen LogP contribution is -2.39. The number of urea groups is 1. The molecule has 0 aromatic heterocycles. The number of hydrogen-bond donors (Lipinski definition) is 1. The number of carbonyl (C=O) groups excluding carboxylic acids is 5. The van der Waals surface area contributed by atoms with Crippen molar-refractivity contribution in [2.75, 3.05) is 52.5 Å². The maximum Gasteiger partial charge on any atom is 0.410 e. The van der Waals surface area contributed by atoms with E-state index in [1.165, 1.54) is 0 Å². The van der Waals surface area contributed by atoms with Gasteiger partial charge in [-0.1, -0.05) is 138 Å². The SMILES string of the molecule is CC(C)CN1C(=O)OC[C@@H]1C(C)C.CC(C)CN1C(=O)OC[C@H]1C(C)C.CC(C)CN1C(=O)[C@@H](C(C)C)OS1(=O)=O.CC(C)CN1C(=O)[C@H](C(C)C)OS1(=O)=O.CC(C)CN1C[C@@H](C(C)C)NC1=O. The van der Waals surface area contributed by atoms with Gasteiger partial charge >= 0.3 is 38.8 Å². The molecule has 5 aliphatic heterocycles. The highest BCUT2D eigenvalue weighted by molar-refractivity contribution is 7.85. The molecule has 5 saturated heterocycles. The van der Waals surface area contributed by atoms with E-state index in [-0.39, 0.29) is 67.1 Å². The molecule has 21 heteroatoms. The van der Waals surface area contributed by atoms with Crippen molar-refractivity contribution >= 4 is 50.6 Å². The zero-order valence-electron chi connectivity index (χ0n) is 45.7. The van der Waals surface area contributed by atoms with Crippen LogP contribution >= 0.6 is 0 Å². The summed E-state index contributed by atoms with van der Waals surface area (Å²) in [4.78, 5) is 63.2. The lowest BCUT2D eigenvalue weighted by Gasteiger charge is -2.25. The van der Waals surface area contributed by atoms with Crippen molar-refractivity contribution in [1.29, 1.82) is 0 Å². The minimum absolute atomic E-state index is 0.0956. The lowest BCUT2D eigenvalue weighted by atomic mass is 10.0. The highest BCUT2D eigenvalue weighted by Gasteiger charge is 2.47. The summed E-state index contributed by atoms with van der Waals surface area (Å²) in [6.45, 7) is 44.8. The maximum atomic E-state index is 11.7. The van der Waals surface area contributed by atoms with Gasteiger partial charge in [0.25, 0.3) is 11.8 Å². The van der Waals surface area contributed by atoms with Crippen LogP contribution in [0.15, 0.2) is 0 Å². The lowest BCUT2D eigenvalue weighted by molar-refractivity contribution is -0.132. The van der Waals surface area contributed by atoms with E-state index >= 15 is 0 Å². The van der Waals surface area contributed by atoms with Crippen molar-refractivity contribution < 1.29 is 58.6 Å². The quantitative estimate of drug-likeness (QED) is 0.169. The molecule has 69 heavy (non-hydrogen) atoms. The smallest absolute Gasteiger partial charge is 0.410 e. The summed E-state index contributed by atoms with van der Waals surface area (Å²) in [7, 11) is -7.68. The van der Waals surface area contributed by atoms with E-state index in [1.54, 1.807) is 27.7 Å². The van der Waals surface area contributed by atoms with Crippen LogP contribution in [0.4, 0.5) is 14.4 Å².